The van der Waals surface area contributed by atoms with Crippen molar-refractivity contribution in [1.29, 1.82) is 0 Å². The van der Waals surface area contributed by atoms with Crippen LogP contribution in [0, 0.1) is 0 Å². The highest BCUT2D eigenvalue weighted by Gasteiger charge is 2.10. The number of halogens is 1. The summed E-state index contributed by atoms with van der Waals surface area (Å²) >= 11 is 6.33. The van der Waals surface area contributed by atoms with Gasteiger partial charge >= 0.3 is 0 Å². The lowest BCUT2D eigenvalue weighted by Crippen LogP contribution is -2.30. The van der Waals surface area contributed by atoms with Gasteiger partial charge in [-0.2, -0.15) is 0 Å². The lowest BCUT2D eigenvalue weighted by atomic mass is 10.2. The summed E-state index contributed by atoms with van der Waals surface area (Å²) in [7, 11) is 3.94. The number of hydrogen-bond acceptors (Lipinski definition) is 3. The van der Waals surface area contributed by atoms with E-state index >= 15 is 0 Å². The Morgan fingerprint density at radius 3 is 2.63 bits per heavy atom. The van der Waals surface area contributed by atoms with Crippen molar-refractivity contribution in [3.05, 3.63) is 34.5 Å². The zero-order valence-electron chi connectivity index (χ0n) is 12.3. The standard InChI is InChI=1S/C15H26ClN3/c1-4-10-19(11-9-17-2)14-6-5-13(12-18-3)15(16)8-7-14/h5-7,17-18H,4,8-12H2,1-3H3. The van der Waals surface area contributed by atoms with Gasteiger partial charge in [0.15, 0.2) is 0 Å². The Bertz CT molecular complexity index is 358. The summed E-state index contributed by atoms with van der Waals surface area (Å²) in [6.45, 7) is 6.14. The molecule has 108 valence electrons. The van der Waals surface area contributed by atoms with Crippen LogP contribution in [0.15, 0.2) is 34.5 Å². The van der Waals surface area contributed by atoms with E-state index in [4.69, 9.17) is 11.6 Å². The molecule has 0 atom stereocenters. The highest BCUT2D eigenvalue weighted by Crippen LogP contribution is 2.22. The average molecular weight is 284 g/mol. The maximum absolute atomic E-state index is 6.33. The molecule has 4 heteroatoms. The minimum atomic E-state index is 0.820. The highest BCUT2D eigenvalue weighted by molar-refractivity contribution is 6.30. The van der Waals surface area contributed by atoms with E-state index in [0.717, 1.165) is 44.1 Å². The van der Waals surface area contributed by atoms with Crippen LogP contribution in [0.3, 0.4) is 0 Å². The van der Waals surface area contributed by atoms with Gasteiger partial charge in [0, 0.05) is 43.3 Å². The van der Waals surface area contributed by atoms with Crippen LogP contribution >= 0.6 is 11.6 Å². The average Bonchev–Trinajstić information content (AvgIpc) is 2.59. The molecule has 0 radical (unpaired) electrons. The van der Waals surface area contributed by atoms with Gasteiger partial charge in [0.2, 0.25) is 0 Å². The number of nitrogens with one attached hydrogen (secondary N) is 2. The molecular formula is C15H26ClN3. The molecule has 0 heterocycles. The SMILES string of the molecule is CCCN(CCNC)C1=CCC(Cl)=C(CNC)C=C1. The molecule has 0 aromatic carbocycles. The fourth-order valence-electron chi connectivity index (χ4n) is 2.14. The van der Waals surface area contributed by atoms with Gasteiger partial charge in [-0.15, -0.1) is 0 Å². The first-order valence-electron chi connectivity index (χ1n) is 7.02. The quantitative estimate of drug-likeness (QED) is 0.717. The number of nitrogens with zero attached hydrogens (tertiary/aromatic N) is 1. The lowest BCUT2D eigenvalue weighted by Gasteiger charge is -2.25. The molecule has 1 aliphatic carbocycles. The molecule has 0 aromatic rings. The lowest BCUT2D eigenvalue weighted by molar-refractivity contribution is 0.354. The van der Waals surface area contributed by atoms with Gasteiger partial charge in [-0.05, 0) is 32.2 Å². The van der Waals surface area contributed by atoms with E-state index in [1.165, 1.54) is 11.3 Å². The number of rotatable bonds is 8. The van der Waals surface area contributed by atoms with Crippen LogP contribution in [0.4, 0.5) is 0 Å². The zero-order valence-corrected chi connectivity index (χ0v) is 13.1. The maximum atomic E-state index is 6.33. The van der Waals surface area contributed by atoms with Crippen molar-refractivity contribution in [2.75, 3.05) is 40.3 Å². The summed E-state index contributed by atoms with van der Waals surface area (Å²) in [6, 6.07) is 0. The third-order valence-electron chi connectivity index (χ3n) is 3.15. The van der Waals surface area contributed by atoms with E-state index in [9.17, 15) is 0 Å². The first-order valence-corrected chi connectivity index (χ1v) is 7.40. The monoisotopic (exact) mass is 283 g/mol. The molecule has 0 aliphatic heterocycles. The molecule has 19 heavy (non-hydrogen) atoms. The van der Waals surface area contributed by atoms with E-state index in [2.05, 4.69) is 40.7 Å². The molecule has 0 amide bonds. The second-order valence-electron chi connectivity index (χ2n) is 4.72. The maximum Gasteiger partial charge on any atom is 0.0329 e. The van der Waals surface area contributed by atoms with Crippen LogP contribution in [0.2, 0.25) is 0 Å². The van der Waals surface area contributed by atoms with Gasteiger partial charge in [0.25, 0.3) is 0 Å². The van der Waals surface area contributed by atoms with Gasteiger partial charge in [-0.1, -0.05) is 30.7 Å². The molecule has 0 aromatic heterocycles. The highest BCUT2D eigenvalue weighted by atomic mass is 35.5. The van der Waals surface area contributed by atoms with Crippen LogP contribution in [-0.2, 0) is 0 Å². The Morgan fingerprint density at radius 2 is 2.00 bits per heavy atom. The molecule has 1 rings (SSSR count). The van der Waals surface area contributed by atoms with Crippen molar-refractivity contribution in [2.24, 2.45) is 0 Å². The van der Waals surface area contributed by atoms with E-state index < -0.39 is 0 Å². The van der Waals surface area contributed by atoms with Gasteiger partial charge in [-0.25, -0.2) is 0 Å². The summed E-state index contributed by atoms with van der Waals surface area (Å²) in [5.41, 5.74) is 2.46. The van der Waals surface area contributed by atoms with E-state index in [0.29, 0.717) is 0 Å². The molecule has 2 N–H and O–H groups in total. The van der Waals surface area contributed by atoms with Crippen molar-refractivity contribution >= 4 is 11.6 Å². The first kappa shape index (κ1) is 16.3. The zero-order chi connectivity index (χ0) is 14.1. The van der Waals surface area contributed by atoms with Crippen LogP contribution < -0.4 is 10.6 Å². The summed E-state index contributed by atoms with van der Waals surface area (Å²) in [6.07, 6.45) is 8.53. The number of allylic oxidation sites excluding steroid dienone is 3. The molecule has 0 bridgehead atoms. The summed E-state index contributed by atoms with van der Waals surface area (Å²) < 4.78 is 0. The van der Waals surface area contributed by atoms with Gasteiger partial charge in [0.05, 0.1) is 0 Å². The minimum Gasteiger partial charge on any atom is -0.371 e. The molecular weight excluding hydrogens is 258 g/mol. The molecule has 0 spiro atoms. The Hall–Kier alpha value is -0.770. The summed E-state index contributed by atoms with van der Waals surface area (Å²) in [5, 5.41) is 7.30. The molecule has 3 nitrogen and oxygen atoms in total. The largest absolute Gasteiger partial charge is 0.371 e. The summed E-state index contributed by atoms with van der Waals surface area (Å²) in [5.74, 6) is 0. The van der Waals surface area contributed by atoms with E-state index in [-0.39, 0.29) is 0 Å². The predicted molar refractivity (Wildman–Crippen MR) is 84.4 cm³/mol. The second kappa shape index (κ2) is 9.18. The van der Waals surface area contributed by atoms with Crippen molar-refractivity contribution in [2.45, 2.75) is 19.8 Å². The third-order valence-corrected chi connectivity index (χ3v) is 3.55. The van der Waals surface area contributed by atoms with Crippen LogP contribution in [0.1, 0.15) is 19.8 Å². The molecule has 0 saturated carbocycles. The normalized spacial score (nSPS) is 15.5. The summed E-state index contributed by atoms with van der Waals surface area (Å²) in [4.78, 5) is 2.42. The van der Waals surface area contributed by atoms with Crippen LogP contribution in [0.25, 0.3) is 0 Å². The Kier molecular flexibility index (Phi) is 7.87. The minimum absolute atomic E-state index is 0.820. The molecule has 0 saturated heterocycles. The predicted octanol–water partition coefficient (Wildman–Crippen LogP) is 2.47. The van der Waals surface area contributed by atoms with E-state index in [1.807, 2.05) is 14.1 Å². The smallest absolute Gasteiger partial charge is 0.0329 e. The Morgan fingerprint density at radius 1 is 1.21 bits per heavy atom. The topological polar surface area (TPSA) is 27.3 Å². The number of hydrogen-bond donors (Lipinski definition) is 2. The van der Waals surface area contributed by atoms with E-state index in [1.54, 1.807) is 0 Å². The fourth-order valence-corrected chi connectivity index (χ4v) is 2.34. The first-order chi connectivity index (χ1) is 9.22. The van der Waals surface area contributed by atoms with Crippen molar-refractivity contribution in [3.8, 4) is 0 Å². The fraction of sp³-hybridized carbons (Fsp3) is 0.600. The van der Waals surface area contributed by atoms with Gasteiger partial charge in [0.1, 0.15) is 0 Å². The van der Waals surface area contributed by atoms with Gasteiger partial charge in [-0.3, -0.25) is 0 Å². The Balaban J connectivity index is 2.75. The van der Waals surface area contributed by atoms with Crippen molar-refractivity contribution in [1.82, 2.24) is 15.5 Å². The molecule has 0 fully saturated rings. The number of likely N-dealkylation sites (N-methyl/N-ethyl adjacent to an activating group) is 2. The Labute approximate surface area is 122 Å². The molecule has 0 unspecified atom stereocenters. The molecule has 1 aliphatic rings. The van der Waals surface area contributed by atoms with Crippen LogP contribution in [0.5, 0.6) is 0 Å². The second-order valence-corrected chi connectivity index (χ2v) is 5.17. The van der Waals surface area contributed by atoms with Crippen LogP contribution in [-0.4, -0.2) is 45.2 Å². The van der Waals surface area contributed by atoms with Crippen molar-refractivity contribution < 1.29 is 0 Å². The van der Waals surface area contributed by atoms with Crippen molar-refractivity contribution in [3.63, 3.8) is 0 Å². The van der Waals surface area contributed by atoms with Gasteiger partial charge < -0.3 is 15.5 Å². The third kappa shape index (κ3) is 5.39.